The van der Waals surface area contributed by atoms with Crippen LogP contribution in [0.2, 0.25) is 5.02 Å². The van der Waals surface area contributed by atoms with Gasteiger partial charge in [0, 0.05) is 17.7 Å². The molecule has 1 amide bonds. The summed E-state index contributed by atoms with van der Waals surface area (Å²) < 4.78 is 92.7. The molecular formula is C27H23ClF6N2O3. The number of amides is 1. The first-order valence-electron chi connectivity index (χ1n) is 11.9. The summed E-state index contributed by atoms with van der Waals surface area (Å²) in [6, 6.07) is 10.3. The van der Waals surface area contributed by atoms with E-state index in [0.717, 1.165) is 6.07 Å². The lowest BCUT2D eigenvalue weighted by atomic mass is 9.99. The Morgan fingerprint density at radius 3 is 2.46 bits per heavy atom. The number of rotatable bonds is 9. The number of alkyl halides is 5. The van der Waals surface area contributed by atoms with E-state index in [9.17, 15) is 31.1 Å². The molecule has 1 N–H and O–H groups in total. The minimum Gasteiger partial charge on any atom is -0.493 e. The molecule has 3 aromatic rings. The number of carbonyl (C=O) groups is 1. The Balaban J connectivity index is 1.56. The molecule has 2 atom stereocenters. The maximum atomic E-state index is 14.1. The molecule has 0 radical (unpaired) electrons. The first kappa shape index (κ1) is 28.5. The number of benzene rings is 2. The fourth-order valence-electron chi connectivity index (χ4n) is 3.86. The summed E-state index contributed by atoms with van der Waals surface area (Å²) in [5, 5.41) is 2.07. The Bertz CT molecular complexity index is 1380. The van der Waals surface area contributed by atoms with Crippen LogP contribution in [0.15, 0.2) is 48.5 Å². The third-order valence-electron chi connectivity index (χ3n) is 6.21. The average molecular weight is 573 g/mol. The summed E-state index contributed by atoms with van der Waals surface area (Å²) in [7, 11) is 1.24. The topological polar surface area (TPSA) is 60.5 Å². The maximum Gasteiger partial charge on any atom is 0.398 e. The van der Waals surface area contributed by atoms with Gasteiger partial charge in [0.25, 0.3) is 11.8 Å². The quantitative estimate of drug-likeness (QED) is 0.281. The van der Waals surface area contributed by atoms with Gasteiger partial charge in [0.15, 0.2) is 17.6 Å². The lowest BCUT2D eigenvalue weighted by Crippen LogP contribution is -2.35. The van der Waals surface area contributed by atoms with E-state index < -0.39 is 48.8 Å². The molecule has 12 heteroatoms. The smallest absolute Gasteiger partial charge is 0.398 e. The summed E-state index contributed by atoms with van der Waals surface area (Å²) in [6.45, 7) is 0.928. The normalized spacial score (nSPS) is 16.9. The average Bonchev–Trinajstić information content (AvgIpc) is 3.49. The van der Waals surface area contributed by atoms with E-state index in [4.69, 9.17) is 21.1 Å². The minimum absolute atomic E-state index is 0.0154. The van der Waals surface area contributed by atoms with Crippen molar-refractivity contribution < 1.29 is 40.6 Å². The van der Waals surface area contributed by atoms with Gasteiger partial charge in [-0.05, 0) is 60.5 Å². The van der Waals surface area contributed by atoms with E-state index in [1.165, 1.54) is 43.5 Å². The molecule has 1 aliphatic carbocycles. The Morgan fingerprint density at radius 1 is 1.15 bits per heavy atom. The zero-order chi connectivity index (χ0) is 28.5. The van der Waals surface area contributed by atoms with Crippen LogP contribution in [-0.2, 0) is 6.42 Å². The monoisotopic (exact) mass is 572 g/mol. The van der Waals surface area contributed by atoms with Gasteiger partial charge in [-0.15, -0.1) is 0 Å². The van der Waals surface area contributed by atoms with E-state index in [0.29, 0.717) is 17.5 Å². The Labute approximate surface area is 225 Å². The maximum absolute atomic E-state index is 14.1. The zero-order valence-corrected chi connectivity index (χ0v) is 21.5. The first-order chi connectivity index (χ1) is 18.3. The van der Waals surface area contributed by atoms with Crippen molar-refractivity contribution in [3.63, 3.8) is 0 Å². The van der Waals surface area contributed by atoms with Gasteiger partial charge >= 0.3 is 6.18 Å². The molecule has 0 spiro atoms. The molecule has 1 aromatic heterocycles. The van der Waals surface area contributed by atoms with E-state index >= 15 is 0 Å². The summed E-state index contributed by atoms with van der Waals surface area (Å²) in [5.74, 6) is -6.66. The molecule has 1 fully saturated rings. The van der Waals surface area contributed by atoms with Crippen LogP contribution in [0.4, 0.5) is 26.3 Å². The summed E-state index contributed by atoms with van der Waals surface area (Å²) in [4.78, 5) is 16.9. The van der Waals surface area contributed by atoms with E-state index in [1.54, 1.807) is 13.0 Å². The molecule has 39 heavy (non-hydrogen) atoms. The van der Waals surface area contributed by atoms with Crippen molar-refractivity contribution >= 4 is 17.5 Å². The zero-order valence-electron chi connectivity index (χ0n) is 20.7. The molecule has 0 bridgehead atoms. The highest BCUT2D eigenvalue weighted by Gasteiger charge is 2.60. The molecule has 208 valence electrons. The van der Waals surface area contributed by atoms with Gasteiger partial charge < -0.3 is 14.8 Å². The van der Waals surface area contributed by atoms with Crippen LogP contribution in [0.3, 0.4) is 0 Å². The second-order valence-electron chi connectivity index (χ2n) is 9.01. The standard InChI is InChI=1S/C27H23ClF6N2O3/c1-3-14-8-20(15-4-6-19(29)18(28)10-15)36-21(9-14)17(27(32,33)34)13-35-25(37)16-5-7-22(23(11-16)38-2)39-24-12-26(24,30)31/h4-11,17,24H,3,12-13H2,1-2H3,(H,35,37). The van der Waals surface area contributed by atoms with Gasteiger partial charge in [0.05, 0.1) is 29.9 Å². The number of nitrogens with zero attached hydrogens (tertiary/aromatic N) is 1. The van der Waals surface area contributed by atoms with Gasteiger partial charge in [-0.2, -0.15) is 13.2 Å². The fraction of sp³-hybridized carbons (Fsp3) is 0.333. The van der Waals surface area contributed by atoms with Crippen molar-refractivity contribution in [1.82, 2.24) is 10.3 Å². The van der Waals surface area contributed by atoms with Gasteiger partial charge in [-0.1, -0.05) is 18.5 Å². The largest absolute Gasteiger partial charge is 0.493 e. The van der Waals surface area contributed by atoms with Crippen LogP contribution < -0.4 is 14.8 Å². The molecule has 5 nitrogen and oxygen atoms in total. The van der Waals surface area contributed by atoms with Crippen molar-refractivity contribution in [1.29, 1.82) is 0 Å². The van der Waals surface area contributed by atoms with Gasteiger partial charge in [-0.3, -0.25) is 9.78 Å². The van der Waals surface area contributed by atoms with Crippen LogP contribution in [0, 0.1) is 5.82 Å². The number of hydrogen-bond donors (Lipinski definition) is 1. The van der Waals surface area contributed by atoms with Crippen molar-refractivity contribution in [2.45, 2.75) is 43.9 Å². The molecular weight excluding hydrogens is 550 g/mol. The van der Waals surface area contributed by atoms with Crippen LogP contribution in [0.5, 0.6) is 11.5 Å². The number of carbonyl (C=O) groups excluding carboxylic acids is 1. The summed E-state index contributed by atoms with van der Waals surface area (Å²) in [5.41, 5.74) is 0.677. The molecule has 2 aromatic carbocycles. The third kappa shape index (κ3) is 6.58. The second-order valence-corrected chi connectivity index (χ2v) is 9.42. The summed E-state index contributed by atoms with van der Waals surface area (Å²) >= 11 is 5.85. The molecule has 1 aliphatic rings. The molecule has 1 saturated carbocycles. The Kier molecular flexibility index (Phi) is 8.02. The number of nitrogens with one attached hydrogen (secondary N) is 1. The van der Waals surface area contributed by atoms with E-state index in [2.05, 4.69) is 10.3 Å². The molecule has 0 saturated heterocycles. The highest BCUT2D eigenvalue weighted by atomic mass is 35.5. The predicted molar refractivity (Wildman–Crippen MR) is 132 cm³/mol. The van der Waals surface area contributed by atoms with Gasteiger partial charge in [0.1, 0.15) is 11.7 Å². The number of pyridine rings is 1. The van der Waals surface area contributed by atoms with E-state index in [1.807, 2.05) is 0 Å². The fourth-order valence-corrected chi connectivity index (χ4v) is 4.04. The Hall–Kier alpha value is -3.47. The number of aryl methyl sites for hydroxylation is 1. The predicted octanol–water partition coefficient (Wildman–Crippen LogP) is 6.97. The number of halogens is 7. The minimum atomic E-state index is -4.77. The number of aromatic nitrogens is 1. The molecule has 2 unspecified atom stereocenters. The lowest BCUT2D eigenvalue weighted by molar-refractivity contribution is -0.149. The van der Waals surface area contributed by atoms with Crippen molar-refractivity contribution in [2.24, 2.45) is 0 Å². The van der Waals surface area contributed by atoms with Gasteiger partial charge in [-0.25, -0.2) is 13.2 Å². The summed E-state index contributed by atoms with van der Waals surface area (Å²) in [6.07, 6.45) is -6.12. The van der Waals surface area contributed by atoms with Crippen LogP contribution in [0.25, 0.3) is 11.3 Å². The lowest BCUT2D eigenvalue weighted by Gasteiger charge is -2.22. The number of hydrogen-bond acceptors (Lipinski definition) is 4. The third-order valence-corrected chi connectivity index (χ3v) is 6.50. The molecule has 1 heterocycles. The van der Waals surface area contributed by atoms with E-state index in [-0.39, 0.29) is 33.5 Å². The van der Waals surface area contributed by atoms with Crippen LogP contribution in [0.1, 0.15) is 40.9 Å². The van der Waals surface area contributed by atoms with Gasteiger partial charge in [0.2, 0.25) is 0 Å². The van der Waals surface area contributed by atoms with Crippen molar-refractivity contribution in [2.75, 3.05) is 13.7 Å². The highest BCUT2D eigenvalue weighted by molar-refractivity contribution is 6.31. The Morgan fingerprint density at radius 2 is 1.87 bits per heavy atom. The highest BCUT2D eigenvalue weighted by Crippen LogP contribution is 2.46. The van der Waals surface area contributed by atoms with Crippen molar-refractivity contribution in [3.05, 3.63) is 76.2 Å². The number of methoxy groups -OCH3 is 1. The first-order valence-corrected chi connectivity index (χ1v) is 12.2. The second kappa shape index (κ2) is 11.0. The van der Waals surface area contributed by atoms with Crippen LogP contribution >= 0.6 is 11.6 Å². The van der Waals surface area contributed by atoms with Crippen molar-refractivity contribution in [3.8, 4) is 22.8 Å². The number of ether oxygens (including phenoxy) is 2. The molecule has 0 aliphatic heterocycles. The van der Waals surface area contributed by atoms with Crippen LogP contribution in [-0.4, -0.2) is 42.7 Å². The molecule has 4 rings (SSSR count). The SMILES string of the molecule is CCc1cc(-c2ccc(F)c(Cl)c2)nc(C(CNC(=O)c2ccc(OC3CC3(F)F)c(OC)c2)C(F)(F)F)c1.